The van der Waals surface area contributed by atoms with E-state index in [1.54, 1.807) is 0 Å². The number of benzene rings is 1. The Kier molecular flexibility index (Phi) is 3.13. The summed E-state index contributed by atoms with van der Waals surface area (Å²) in [4.78, 5) is 22.4. The van der Waals surface area contributed by atoms with Crippen LogP contribution >= 0.6 is 0 Å². The normalized spacial score (nSPS) is 21.9. The van der Waals surface area contributed by atoms with Gasteiger partial charge in [-0.1, -0.05) is 19.1 Å². The van der Waals surface area contributed by atoms with Crippen LogP contribution in [0.1, 0.15) is 18.9 Å². The predicted molar refractivity (Wildman–Crippen MR) is 63.7 cm³/mol. The Bertz CT molecular complexity index is 456. The topological polar surface area (TPSA) is 66.4 Å². The highest BCUT2D eigenvalue weighted by molar-refractivity contribution is 5.98. The maximum absolute atomic E-state index is 11.7. The summed E-state index contributed by atoms with van der Waals surface area (Å²) in [5.74, 6) is -1.93. The predicted octanol–water partition coefficient (Wildman–Crippen LogP) is 1.91. The largest absolute Gasteiger partial charge is 0.481 e. The third-order valence-electron chi connectivity index (χ3n) is 3.05. The number of carbonyl (C=O) groups is 2. The number of aryl methyl sites for hydroxylation is 1. The van der Waals surface area contributed by atoms with Gasteiger partial charge in [-0.3, -0.25) is 9.59 Å². The fourth-order valence-corrected chi connectivity index (χ4v) is 1.86. The van der Waals surface area contributed by atoms with Crippen LogP contribution in [0, 0.1) is 11.8 Å². The van der Waals surface area contributed by atoms with Crippen molar-refractivity contribution in [1.29, 1.82) is 0 Å². The quantitative estimate of drug-likeness (QED) is 0.834. The molecule has 0 spiro atoms. The number of carbonyl (C=O) groups excluding carboxylic acids is 1. The van der Waals surface area contributed by atoms with Crippen molar-refractivity contribution < 1.29 is 14.7 Å². The van der Waals surface area contributed by atoms with Gasteiger partial charge in [0.15, 0.2) is 0 Å². The summed E-state index contributed by atoms with van der Waals surface area (Å²) in [6.45, 7) is 2.04. The standard InChI is InChI=1S/C13H15NO3/c1-2-8-4-3-5-9(6-8)14-12(15)10-7-11(10)13(16)17/h3-6,10-11H,2,7H2,1H3,(H,14,15)(H,16,17). The van der Waals surface area contributed by atoms with Gasteiger partial charge in [0, 0.05) is 5.69 Å². The van der Waals surface area contributed by atoms with Gasteiger partial charge < -0.3 is 10.4 Å². The summed E-state index contributed by atoms with van der Waals surface area (Å²) in [6, 6.07) is 7.61. The molecule has 0 radical (unpaired) electrons. The highest BCUT2D eigenvalue weighted by Crippen LogP contribution is 2.39. The van der Waals surface area contributed by atoms with Crippen molar-refractivity contribution in [3.63, 3.8) is 0 Å². The highest BCUT2D eigenvalue weighted by Gasteiger charge is 2.48. The number of carboxylic acid groups (broad SMARTS) is 1. The minimum atomic E-state index is -0.882. The van der Waals surface area contributed by atoms with E-state index in [0.717, 1.165) is 17.7 Å². The molecule has 2 rings (SSSR count). The summed E-state index contributed by atoms with van der Waals surface area (Å²) in [7, 11) is 0. The Morgan fingerprint density at radius 1 is 1.41 bits per heavy atom. The van der Waals surface area contributed by atoms with Gasteiger partial charge in [-0.15, -0.1) is 0 Å². The van der Waals surface area contributed by atoms with E-state index in [9.17, 15) is 9.59 Å². The molecule has 1 aromatic rings. The lowest BCUT2D eigenvalue weighted by Crippen LogP contribution is -2.16. The number of hydrogen-bond acceptors (Lipinski definition) is 2. The van der Waals surface area contributed by atoms with Crippen LogP contribution in [-0.2, 0) is 16.0 Å². The Morgan fingerprint density at radius 2 is 2.18 bits per heavy atom. The number of nitrogens with one attached hydrogen (secondary N) is 1. The first-order valence-electron chi connectivity index (χ1n) is 5.74. The summed E-state index contributed by atoms with van der Waals surface area (Å²) < 4.78 is 0. The van der Waals surface area contributed by atoms with Crippen LogP contribution in [0.2, 0.25) is 0 Å². The van der Waals surface area contributed by atoms with Crippen molar-refractivity contribution in [3.05, 3.63) is 29.8 Å². The lowest BCUT2D eigenvalue weighted by Gasteiger charge is -2.05. The average molecular weight is 233 g/mol. The average Bonchev–Trinajstić information content (AvgIpc) is 3.09. The summed E-state index contributed by atoms with van der Waals surface area (Å²) in [6.07, 6.45) is 1.36. The van der Waals surface area contributed by atoms with Gasteiger partial charge in [-0.2, -0.15) is 0 Å². The monoisotopic (exact) mass is 233 g/mol. The maximum atomic E-state index is 11.7. The number of carboxylic acids is 1. The van der Waals surface area contributed by atoms with Gasteiger partial charge in [-0.25, -0.2) is 0 Å². The van der Waals surface area contributed by atoms with Gasteiger partial charge in [0.05, 0.1) is 11.8 Å². The molecule has 1 amide bonds. The van der Waals surface area contributed by atoms with Crippen molar-refractivity contribution in [3.8, 4) is 0 Å². The second kappa shape index (κ2) is 4.57. The van der Waals surface area contributed by atoms with Gasteiger partial charge in [0.1, 0.15) is 0 Å². The molecule has 0 aromatic heterocycles. The molecule has 1 saturated carbocycles. The third kappa shape index (κ3) is 2.64. The minimum absolute atomic E-state index is 0.189. The zero-order chi connectivity index (χ0) is 12.4. The zero-order valence-corrected chi connectivity index (χ0v) is 9.64. The Labute approximate surface area is 99.6 Å². The Hall–Kier alpha value is -1.84. The van der Waals surface area contributed by atoms with E-state index in [1.807, 2.05) is 31.2 Å². The molecule has 2 unspecified atom stereocenters. The molecule has 1 fully saturated rings. The SMILES string of the molecule is CCc1cccc(NC(=O)C2CC2C(=O)O)c1. The fourth-order valence-electron chi connectivity index (χ4n) is 1.86. The molecule has 0 heterocycles. The zero-order valence-electron chi connectivity index (χ0n) is 9.64. The van der Waals surface area contributed by atoms with Crippen LogP contribution < -0.4 is 5.32 Å². The lowest BCUT2D eigenvalue weighted by molar-refractivity contribution is -0.139. The molecule has 4 heteroatoms. The second-order valence-electron chi connectivity index (χ2n) is 4.33. The molecule has 1 aromatic carbocycles. The van der Waals surface area contributed by atoms with Crippen LogP contribution in [0.25, 0.3) is 0 Å². The van der Waals surface area contributed by atoms with Gasteiger partial charge in [0.2, 0.25) is 5.91 Å². The van der Waals surface area contributed by atoms with E-state index in [4.69, 9.17) is 5.11 Å². The first-order chi connectivity index (χ1) is 8.11. The van der Waals surface area contributed by atoms with E-state index in [1.165, 1.54) is 0 Å². The molecule has 0 saturated heterocycles. The van der Waals surface area contributed by atoms with Crippen molar-refractivity contribution in [2.24, 2.45) is 11.8 Å². The number of aliphatic carboxylic acids is 1. The van der Waals surface area contributed by atoms with E-state index in [-0.39, 0.29) is 11.8 Å². The fraction of sp³-hybridized carbons (Fsp3) is 0.385. The molecule has 1 aliphatic carbocycles. The van der Waals surface area contributed by atoms with Crippen LogP contribution in [0.15, 0.2) is 24.3 Å². The highest BCUT2D eigenvalue weighted by atomic mass is 16.4. The molecule has 4 nitrogen and oxygen atoms in total. The van der Waals surface area contributed by atoms with Crippen molar-refractivity contribution in [1.82, 2.24) is 0 Å². The van der Waals surface area contributed by atoms with E-state index < -0.39 is 11.9 Å². The molecule has 2 atom stereocenters. The molecule has 17 heavy (non-hydrogen) atoms. The Balaban J connectivity index is 1.97. The van der Waals surface area contributed by atoms with Crippen molar-refractivity contribution in [2.75, 3.05) is 5.32 Å². The van der Waals surface area contributed by atoms with Gasteiger partial charge >= 0.3 is 5.97 Å². The van der Waals surface area contributed by atoms with Crippen LogP contribution in [0.3, 0.4) is 0 Å². The van der Waals surface area contributed by atoms with E-state index in [0.29, 0.717) is 6.42 Å². The maximum Gasteiger partial charge on any atom is 0.307 e. The van der Waals surface area contributed by atoms with E-state index in [2.05, 4.69) is 5.32 Å². The summed E-state index contributed by atoms with van der Waals surface area (Å²) in [5, 5.41) is 11.5. The number of rotatable bonds is 4. The van der Waals surface area contributed by atoms with E-state index >= 15 is 0 Å². The molecule has 1 aliphatic rings. The first kappa shape index (κ1) is 11.6. The third-order valence-corrected chi connectivity index (χ3v) is 3.05. The molecule has 0 bridgehead atoms. The molecule has 90 valence electrons. The van der Waals surface area contributed by atoms with Gasteiger partial charge in [-0.05, 0) is 30.5 Å². The van der Waals surface area contributed by atoms with Crippen LogP contribution in [-0.4, -0.2) is 17.0 Å². The number of anilines is 1. The molecule has 2 N–H and O–H groups in total. The lowest BCUT2D eigenvalue weighted by atomic mass is 10.1. The van der Waals surface area contributed by atoms with Crippen LogP contribution in [0.4, 0.5) is 5.69 Å². The van der Waals surface area contributed by atoms with Crippen LogP contribution in [0.5, 0.6) is 0 Å². The smallest absolute Gasteiger partial charge is 0.307 e. The molecule has 0 aliphatic heterocycles. The number of hydrogen-bond donors (Lipinski definition) is 2. The molecular formula is C13H15NO3. The van der Waals surface area contributed by atoms with Crippen molar-refractivity contribution >= 4 is 17.6 Å². The van der Waals surface area contributed by atoms with Crippen molar-refractivity contribution in [2.45, 2.75) is 19.8 Å². The summed E-state index contributed by atoms with van der Waals surface area (Å²) in [5.41, 5.74) is 1.89. The minimum Gasteiger partial charge on any atom is -0.481 e. The Morgan fingerprint density at radius 3 is 2.76 bits per heavy atom. The van der Waals surface area contributed by atoms with Gasteiger partial charge in [0.25, 0.3) is 0 Å². The molecular weight excluding hydrogens is 218 g/mol. The number of amides is 1. The summed E-state index contributed by atoms with van der Waals surface area (Å²) >= 11 is 0. The first-order valence-corrected chi connectivity index (χ1v) is 5.74. The second-order valence-corrected chi connectivity index (χ2v) is 4.33.